The van der Waals surface area contributed by atoms with Gasteiger partial charge in [-0.05, 0) is 25.1 Å². The van der Waals surface area contributed by atoms with E-state index in [0.29, 0.717) is 0 Å². The number of aromatic nitrogens is 1. The van der Waals surface area contributed by atoms with Gasteiger partial charge in [0.1, 0.15) is 0 Å². The maximum Gasteiger partial charge on any atom is 0.0641 e. The number of hydrogen-bond donors (Lipinski definition) is 0. The second kappa shape index (κ2) is 3.37. The minimum atomic E-state index is 0.749. The first-order valence-electron chi connectivity index (χ1n) is 3.04. The Morgan fingerprint density at radius 2 is 2.40 bits per heavy atom. The van der Waals surface area contributed by atoms with E-state index in [-0.39, 0.29) is 0 Å². The largest absolute Gasteiger partial charge is 0.257 e. The molecule has 0 saturated carbocycles. The zero-order chi connectivity index (χ0) is 7.40. The van der Waals surface area contributed by atoms with Gasteiger partial charge < -0.3 is 0 Å². The predicted octanol–water partition coefficient (Wildman–Crippen LogP) is 2.68. The topological polar surface area (TPSA) is 12.9 Å². The predicted molar refractivity (Wildman–Crippen MR) is 43.7 cm³/mol. The molecule has 0 bridgehead atoms. The molecule has 0 spiro atoms. The van der Waals surface area contributed by atoms with Gasteiger partial charge in [-0.3, -0.25) is 4.98 Å². The number of rotatable bonds is 1. The van der Waals surface area contributed by atoms with Crippen molar-refractivity contribution < 1.29 is 0 Å². The minimum Gasteiger partial charge on any atom is -0.257 e. The lowest BCUT2D eigenvalue weighted by molar-refractivity contribution is 1.29. The maximum atomic E-state index is 5.63. The normalized spacial score (nSPS) is 11.6. The zero-order valence-electron chi connectivity index (χ0n) is 5.71. The lowest BCUT2D eigenvalue weighted by Crippen LogP contribution is -1.76. The minimum absolute atomic E-state index is 0.749. The Labute approximate surface area is 65.4 Å². The first-order chi connectivity index (χ1) is 4.79. The molecule has 0 aliphatic rings. The number of pyridine rings is 1. The number of halogens is 1. The van der Waals surface area contributed by atoms with Crippen molar-refractivity contribution in [3.05, 3.63) is 35.1 Å². The van der Waals surface area contributed by atoms with E-state index < -0.39 is 0 Å². The second-order valence-corrected chi connectivity index (χ2v) is 2.58. The Hall–Kier alpha value is -0.820. The molecular weight excluding hydrogens is 146 g/mol. The average molecular weight is 154 g/mol. The van der Waals surface area contributed by atoms with Crippen LogP contribution in [-0.4, -0.2) is 4.98 Å². The van der Waals surface area contributed by atoms with Crippen LogP contribution in [0.25, 0.3) is 6.08 Å². The van der Waals surface area contributed by atoms with Gasteiger partial charge in [-0.2, -0.15) is 0 Å². The molecule has 10 heavy (non-hydrogen) atoms. The summed E-state index contributed by atoms with van der Waals surface area (Å²) in [6.45, 7) is 1.83. The van der Waals surface area contributed by atoms with Crippen molar-refractivity contribution in [1.29, 1.82) is 0 Å². The molecule has 2 heteroatoms. The van der Waals surface area contributed by atoms with Crippen LogP contribution in [0.5, 0.6) is 0 Å². The summed E-state index contributed by atoms with van der Waals surface area (Å²) >= 11 is 5.63. The van der Waals surface area contributed by atoms with E-state index in [4.69, 9.17) is 11.6 Å². The van der Waals surface area contributed by atoms with E-state index in [9.17, 15) is 0 Å². The van der Waals surface area contributed by atoms with Crippen molar-refractivity contribution in [2.45, 2.75) is 6.92 Å². The summed E-state index contributed by atoms with van der Waals surface area (Å²) in [5.41, 5.74) is 0.898. The molecule has 0 atom stereocenters. The van der Waals surface area contributed by atoms with Gasteiger partial charge in [-0.1, -0.05) is 17.7 Å². The van der Waals surface area contributed by atoms with Crippen molar-refractivity contribution in [2.24, 2.45) is 0 Å². The molecule has 0 aliphatic heterocycles. The highest BCUT2D eigenvalue weighted by Crippen LogP contribution is 2.05. The molecule has 0 saturated heterocycles. The molecule has 1 nitrogen and oxygen atoms in total. The standard InChI is InChI=1S/C8H8ClN/c1-7(9)6-8-4-2-3-5-10-8/h2-6H,1H3/b7-6-. The summed E-state index contributed by atoms with van der Waals surface area (Å²) in [4.78, 5) is 4.06. The lowest BCUT2D eigenvalue weighted by Gasteiger charge is -1.89. The third-order valence-corrected chi connectivity index (χ3v) is 1.14. The fourth-order valence-electron chi connectivity index (χ4n) is 0.665. The van der Waals surface area contributed by atoms with Gasteiger partial charge in [-0.25, -0.2) is 0 Å². The molecule has 52 valence electrons. The molecule has 0 N–H and O–H groups in total. The van der Waals surface area contributed by atoms with Gasteiger partial charge in [0.05, 0.1) is 5.69 Å². The third kappa shape index (κ3) is 2.19. The molecule has 1 aromatic heterocycles. The summed E-state index contributed by atoms with van der Waals surface area (Å²) in [5, 5.41) is 0.749. The van der Waals surface area contributed by atoms with Crippen molar-refractivity contribution in [3.63, 3.8) is 0 Å². The number of nitrogens with zero attached hydrogens (tertiary/aromatic N) is 1. The van der Waals surface area contributed by atoms with Crippen LogP contribution in [0.3, 0.4) is 0 Å². The summed E-state index contributed by atoms with van der Waals surface area (Å²) in [6.07, 6.45) is 3.56. The molecule has 0 unspecified atom stereocenters. The van der Waals surface area contributed by atoms with E-state index in [2.05, 4.69) is 4.98 Å². The van der Waals surface area contributed by atoms with Crippen LogP contribution in [0, 0.1) is 0 Å². The van der Waals surface area contributed by atoms with E-state index in [0.717, 1.165) is 10.7 Å². The molecule has 1 rings (SSSR count). The molecule has 1 heterocycles. The Bertz CT molecular complexity index is 224. The molecule has 0 amide bonds. The van der Waals surface area contributed by atoms with Crippen molar-refractivity contribution in [2.75, 3.05) is 0 Å². The first kappa shape index (κ1) is 7.29. The van der Waals surface area contributed by atoms with E-state index in [1.165, 1.54) is 0 Å². The Morgan fingerprint density at radius 3 is 2.90 bits per heavy atom. The van der Waals surface area contributed by atoms with Crippen molar-refractivity contribution >= 4 is 17.7 Å². The van der Waals surface area contributed by atoms with Crippen LogP contribution in [-0.2, 0) is 0 Å². The van der Waals surface area contributed by atoms with Crippen molar-refractivity contribution in [3.8, 4) is 0 Å². The quantitative estimate of drug-likeness (QED) is 0.605. The van der Waals surface area contributed by atoms with Crippen LogP contribution < -0.4 is 0 Å². The van der Waals surface area contributed by atoms with Gasteiger partial charge in [-0.15, -0.1) is 0 Å². The fraction of sp³-hybridized carbons (Fsp3) is 0.125. The van der Waals surface area contributed by atoms with Gasteiger partial charge in [0.15, 0.2) is 0 Å². The van der Waals surface area contributed by atoms with Crippen LogP contribution in [0.4, 0.5) is 0 Å². The average Bonchev–Trinajstić information content (AvgIpc) is 1.88. The SMILES string of the molecule is C/C(Cl)=C/c1ccccn1. The smallest absolute Gasteiger partial charge is 0.0641 e. The number of allylic oxidation sites excluding steroid dienone is 1. The van der Waals surface area contributed by atoms with Crippen LogP contribution in [0.2, 0.25) is 0 Å². The van der Waals surface area contributed by atoms with Gasteiger partial charge in [0.2, 0.25) is 0 Å². The summed E-state index contributed by atoms with van der Waals surface area (Å²) < 4.78 is 0. The van der Waals surface area contributed by atoms with E-state index in [1.807, 2.05) is 31.2 Å². The third-order valence-electron chi connectivity index (χ3n) is 1.03. The van der Waals surface area contributed by atoms with Gasteiger partial charge in [0, 0.05) is 11.2 Å². The van der Waals surface area contributed by atoms with E-state index in [1.54, 1.807) is 6.20 Å². The fourth-order valence-corrected chi connectivity index (χ4v) is 0.777. The Balaban J connectivity index is 2.87. The molecule has 0 fully saturated rings. The highest BCUT2D eigenvalue weighted by molar-refractivity contribution is 6.31. The summed E-state index contributed by atoms with van der Waals surface area (Å²) in [7, 11) is 0. The first-order valence-corrected chi connectivity index (χ1v) is 3.41. The van der Waals surface area contributed by atoms with Crippen molar-refractivity contribution in [1.82, 2.24) is 4.98 Å². The zero-order valence-corrected chi connectivity index (χ0v) is 6.47. The highest BCUT2D eigenvalue weighted by atomic mass is 35.5. The maximum absolute atomic E-state index is 5.63. The highest BCUT2D eigenvalue weighted by Gasteiger charge is 1.85. The molecular formula is C8H8ClN. The monoisotopic (exact) mass is 153 g/mol. The van der Waals surface area contributed by atoms with Gasteiger partial charge in [0.25, 0.3) is 0 Å². The van der Waals surface area contributed by atoms with Crippen LogP contribution in [0.1, 0.15) is 12.6 Å². The van der Waals surface area contributed by atoms with Gasteiger partial charge >= 0.3 is 0 Å². The summed E-state index contributed by atoms with van der Waals surface area (Å²) in [5.74, 6) is 0. The molecule has 0 aliphatic carbocycles. The molecule has 0 radical (unpaired) electrons. The Morgan fingerprint density at radius 1 is 1.60 bits per heavy atom. The van der Waals surface area contributed by atoms with E-state index >= 15 is 0 Å². The second-order valence-electron chi connectivity index (χ2n) is 1.99. The van der Waals surface area contributed by atoms with Crippen LogP contribution in [0.15, 0.2) is 29.4 Å². The van der Waals surface area contributed by atoms with Crippen LogP contribution >= 0.6 is 11.6 Å². The molecule has 0 aromatic carbocycles. The number of hydrogen-bond acceptors (Lipinski definition) is 1. The summed E-state index contributed by atoms with van der Waals surface area (Å²) in [6, 6.07) is 5.71. The lowest BCUT2D eigenvalue weighted by atomic mass is 10.3. The molecule has 1 aromatic rings. The Kier molecular flexibility index (Phi) is 2.46.